The summed E-state index contributed by atoms with van der Waals surface area (Å²) in [4.78, 5) is 14.9. The molecule has 0 atom stereocenters. The van der Waals surface area contributed by atoms with E-state index in [1.165, 1.54) is 37.9 Å². The van der Waals surface area contributed by atoms with Gasteiger partial charge < -0.3 is 0 Å². The van der Waals surface area contributed by atoms with Crippen LogP contribution in [0.3, 0.4) is 0 Å². The second-order valence-corrected chi connectivity index (χ2v) is 10.5. The van der Waals surface area contributed by atoms with E-state index in [4.69, 9.17) is 15.0 Å². The molecule has 0 bridgehead atoms. The SMILES string of the molecule is c1ccc(-c2ccc(-c3nc(-c4ccccc4)nc(-c4ccc5ccc6c7ccccc7ccc6c5c4)n3)cc2)cc1. The Morgan fingerprint density at radius 3 is 1.38 bits per heavy atom. The number of nitrogens with zero attached hydrogens (tertiary/aromatic N) is 3. The van der Waals surface area contributed by atoms with Crippen LogP contribution in [-0.4, -0.2) is 15.0 Å². The summed E-state index contributed by atoms with van der Waals surface area (Å²) in [6, 6.07) is 52.9. The van der Waals surface area contributed by atoms with Crippen molar-refractivity contribution in [3.8, 4) is 45.3 Å². The standard InChI is InChI=1S/C39H25N3/c1-3-9-26(10-4-1)27-15-18-31(19-16-27)38-40-37(30-12-5-2-6-13-30)41-39(42-38)32-20-17-29-22-23-34-33-14-8-7-11-28(33)21-24-35(34)36(29)25-32/h1-25H. The number of hydrogen-bond acceptors (Lipinski definition) is 3. The van der Waals surface area contributed by atoms with Gasteiger partial charge in [0, 0.05) is 16.7 Å². The Kier molecular flexibility index (Phi) is 5.79. The van der Waals surface area contributed by atoms with Crippen molar-refractivity contribution in [2.75, 3.05) is 0 Å². The number of benzene rings is 7. The van der Waals surface area contributed by atoms with E-state index in [1.54, 1.807) is 0 Å². The van der Waals surface area contributed by atoms with Crippen LogP contribution in [0, 0.1) is 0 Å². The molecule has 0 amide bonds. The zero-order valence-electron chi connectivity index (χ0n) is 22.8. The van der Waals surface area contributed by atoms with Crippen molar-refractivity contribution >= 4 is 32.3 Å². The lowest BCUT2D eigenvalue weighted by Crippen LogP contribution is -2.00. The Labute approximate surface area is 243 Å². The van der Waals surface area contributed by atoms with Crippen molar-refractivity contribution in [2.45, 2.75) is 0 Å². The van der Waals surface area contributed by atoms with Gasteiger partial charge in [0.15, 0.2) is 17.5 Å². The highest BCUT2D eigenvalue weighted by Gasteiger charge is 2.14. The van der Waals surface area contributed by atoms with E-state index >= 15 is 0 Å². The first-order valence-corrected chi connectivity index (χ1v) is 14.1. The number of fused-ring (bicyclic) bond motifs is 5. The summed E-state index contributed by atoms with van der Waals surface area (Å²) in [5.74, 6) is 1.97. The molecule has 0 aliphatic heterocycles. The van der Waals surface area contributed by atoms with Gasteiger partial charge in [-0.1, -0.05) is 146 Å². The first-order valence-electron chi connectivity index (χ1n) is 14.1. The van der Waals surface area contributed by atoms with E-state index in [0.717, 1.165) is 22.3 Å². The molecule has 0 saturated carbocycles. The fourth-order valence-corrected chi connectivity index (χ4v) is 5.75. The van der Waals surface area contributed by atoms with E-state index in [1.807, 2.05) is 36.4 Å². The van der Waals surface area contributed by atoms with Gasteiger partial charge in [0.1, 0.15) is 0 Å². The van der Waals surface area contributed by atoms with Gasteiger partial charge in [0.05, 0.1) is 0 Å². The van der Waals surface area contributed by atoms with Crippen LogP contribution in [0.15, 0.2) is 152 Å². The molecule has 0 radical (unpaired) electrons. The molecule has 42 heavy (non-hydrogen) atoms. The molecule has 0 spiro atoms. The smallest absolute Gasteiger partial charge is 0.164 e. The summed E-state index contributed by atoms with van der Waals surface area (Å²) in [5, 5.41) is 7.35. The molecule has 0 unspecified atom stereocenters. The quantitative estimate of drug-likeness (QED) is 0.211. The third kappa shape index (κ3) is 4.29. The highest BCUT2D eigenvalue weighted by molar-refractivity contribution is 6.17. The van der Waals surface area contributed by atoms with E-state index in [-0.39, 0.29) is 0 Å². The molecule has 8 aromatic rings. The molecule has 7 aromatic carbocycles. The minimum atomic E-state index is 0.655. The summed E-state index contributed by atoms with van der Waals surface area (Å²) < 4.78 is 0. The van der Waals surface area contributed by atoms with E-state index < -0.39 is 0 Å². The van der Waals surface area contributed by atoms with E-state index in [2.05, 4.69) is 115 Å². The number of aromatic nitrogens is 3. The minimum absolute atomic E-state index is 0.655. The first kappa shape index (κ1) is 24.2. The maximum Gasteiger partial charge on any atom is 0.164 e. The fraction of sp³-hybridized carbons (Fsp3) is 0. The van der Waals surface area contributed by atoms with Gasteiger partial charge in [-0.3, -0.25) is 0 Å². The van der Waals surface area contributed by atoms with Gasteiger partial charge in [-0.25, -0.2) is 15.0 Å². The van der Waals surface area contributed by atoms with Crippen LogP contribution in [0.25, 0.3) is 77.6 Å². The lowest BCUT2D eigenvalue weighted by atomic mass is 9.96. The molecule has 0 aliphatic rings. The Morgan fingerprint density at radius 2 is 0.690 bits per heavy atom. The Balaban J connectivity index is 1.29. The fourth-order valence-electron chi connectivity index (χ4n) is 5.75. The van der Waals surface area contributed by atoms with E-state index in [0.29, 0.717) is 17.5 Å². The van der Waals surface area contributed by atoms with Crippen LogP contribution in [0.1, 0.15) is 0 Å². The van der Waals surface area contributed by atoms with Crippen molar-refractivity contribution < 1.29 is 0 Å². The molecule has 3 nitrogen and oxygen atoms in total. The number of rotatable bonds is 4. The molecule has 3 heteroatoms. The largest absolute Gasteiger partial charge is 0.208 e. The Hall–Kier alpha value is -5.67. The van der Waals surface area contributed by atoms with Gasteiger partial charge in [-0.15, -0.1) is 0 Å². The molecule has 0 N–H and O–H groups in total. The van der Waals surface area contributed by atoms with E-state index in [9.17, 15) is 0 Å². The van der Waals surface area contributed by atoms with Crippen molar-refractivity contribution in [2.24, 2.45) is 0 Å². The van der Waals surface area contributed by atoms with Crippen LogP contribution >= 0.6 is 0 Å². The van der Waals surface area contributed by atoms with Crippen molar-refractivity contribution in [1.82, 2.24) is 15.0 Å². The molecule has 196 valence electrons. The zero-order chi connectivity index (χ0) is 27.9. The van der Waals surface area contributed by atoms with Gasteiger partial charge in [-0.2, -0.15) is 0 Å². The lowest BCUT2D eigenvalue weighted by Gasteiger charge is -2.11. The molecular weight excluding hydrogens is 510 g/mol. The minimum Gasteiger partial charge on any atom is -0.208 e. The summed E-state index contributed by atoms with van der Waals surface area (Å²) in [5.41, 5.74) is 5.21. The molecule has 0 saturated heterocycles. The van der Waals surface area contributed by atoms with Crippen molar-refractivity contribution in [1.29, 1.82) is 0 Å². The summed E-state index contributed by atoms with van der Waals surface area (Å²) in [6.07, 6.45) is 0. The monoisotopic (exact) mass is 535 g/mol. The number of hydrogen-bond donors (Lipinski definition) is 0. The first-order chi connectivity index (χ1) is 20.8. The van der Waals surface area contributed by atoms with Crippen LogP contribution in [-0.2, 0) is 0 Å². The third-order valence-electron chi connectivity index (χ3n) is 7.92. The third-order valence-corrected chi connectivity index (χ3v) is 7.92. The Bertz CT molecular complexity index is 2220. The topological polar surface area (TPSA) is 38.7 Å². The molecule has 0 fully saturated rings. The van der Waals surface area contributed by atoms with Crippen LogP contribution in [0.2, 0.25) is 0 Å². The maximum absolute atomic E-state index is 5.02. The molecule has 1 heterocycles. The van der Waals surface area contributed by atoms with Crippen LogP contribution in [0.4, 0.5) is 0 Å². The zero-order valence-corrected chi connectivity index (χ0v) is 22.8. The molecule has 0 aliphatic carbocycles. The summed E-state index contributed by atoms with van der Waals surface area (Å²) >= 11 is 0. The summed E-state index contributed by atoms with van der Waals surface area (Å²) in [7, 11) is 0. The van der Waals surface area contributed by atoms with Crippen molar-refractivity contribution in [3.05, 3.63) is 152 Å². The lowest BCUT2D eigenvalue weighted by molar-refractivity contribution is 1.07. The highest BCUT2D eigenvalue weighted by Crippen LogP contribution is 2.34. The van der Waals surface area contributed by atoms with Gasteiger partial charge in [0.25, 0.3) is 0 Å². The highest BCUT2D eigenvalue weighted by atomic mass is 15.0. The predicted molar refractivity (Wildman–Crippen MR) is 174 cm³/mol. The van der Waals surface area contributed by atoms with Gasteiger partial charge in [-0.05, 0) is 49.5 Å². The van der Waals surface area contributed by atoms with Crippen molar-refractivity contribution in [3.63, 3.8) is 0 Å². The second kappa shape index (κ2) is 10.1. The normalized spacial score (nSPS) is 11.3. The maximum atomic E-state index is 5.02. The van der Waals surface area contributed by atoms with Gasteiger partial charge in [0.2, 0.25) is 0 Å². The second-order valence-electron chi connectivity index (χ2n) is 10.5. The average Bonchev–Trinajstić information content (AvgIpc) is 3.08. The Morgan fingerprint density at radius 1 is 0.262 bits per heavy atom. The van der Waals surface area contributed by atoms with Gasteiger partial charge >= 0.3 is 0 Å². The van der Waals surface area contributed by atoms with Crippen LogP contribution < -0.4 is 0 Å². The average molecular weight is 536 g/mol. The molecule has 8 rings (SSSR count). The van der Waals surface area contributed by atoms with Crippen LogP contribution in [0.5, 0.6) is 0 Å². The molecular formula is C39H25N3. The summed E-state index contributed by atoms with van der Waals surface area (Å²) in [6.45, 7) is 0. The molecule has 1 aromatic heterocycles. The predicted octanol–water partition coefficient (Wildman–Crippen LogP) is 10.00.